The molecule has 0 atom stereocenters. The van der Waals surface area contributed by atoms with E-state index in [-0.39, 0.29) is 5.78 Å². The predicted molar refractivity (Wildman–Crippen MR) is 152 cm³/mol. The van der Waals surface area contributed by atoms with Crippen LogP contribution < -0.4 is 16.2 Å². The van der Waals surface area contributed by atoms with Crippen LogP contribution in [0.1, 0.15) is 64.9 Å². The van der Waals surface area contributed by atoms with Crippen LogP contribution in [0.5, 0.6) is 5.75 Å². The van der Waals surface area contributed by atoms with Crippen molar-refractivity contribution < 1.29 is 9.53 Å². The number of hydrogen-bond donors (Lipinski definition) is 2. The largest absolute Gasteiger partial charge is 0.494 e. The maximum Gasteiger partial charge on any atom is 0.196 e. The molecule has 1 aliphatic heterocycles. The van der Waals surface area contributed by atoms with Crippen molar-refractivity contribution in [2.24, 2.45) is 0 Å². The van der Waals surface area contributed by atoms with Gasteiger partial charge in [0.1, 0.15) is 5.75 Å². The fourth-order valence-corrected chi connectivity index (χ4v) is 6.05. The van der Waals surface area contributed by atoms with Crippen molar-refractivity contribution in [3.63, 3.8) is 0 Å². The number of nitrogens with two attached hydrogens (primary N) is 2. The standard InChI is InChI=1S/C28H33Cl2N3O2S/c29-23-12-7-19(17-24(23)30)27(34)26-22-13-15-33(18-25(22)36-28(26)32)14-5-3-1-2-4-6-16-35-21-10-8-20(31)9-11-21/h7-12,17H,1-6,13-16,18,31-32H2. The number of carbonyl (C=O) groups excluding carboxylic acids is 1. The minimum absolute atomic E-state index is 0.0733. The second kappa shape index (κ2) is 12.8. The summed E-state index contributed by atoms with van der Waals surface area (Å²) in [6.07, 6.45) is 8.00. The van der Waals surface area contributed by atoms with Crippen molar-refractivity contribution in [2.45, 2.75) is 51.5 Å². The molecule has 2 heterocycles. The summed E-state index contributed by atoms with van der Waals surface area (Å²) in [6.45, 7) is 3.64. The lowest BCUT2D eigenvalue weighted by Crippen LogP contribution is -2.31. The monoisotopic (exact) mass is 545 g/mol. The molecule has 0 saturated carbocycles. The Labute approximate surface area is 227 Å². The molecule has 4 N–H and O–H groups in total. The van der Waals surface area contributed by atoms with Gasteiger partial charge in [0.05, 0.1) is 27.2 Å². The second-order valence-electron chi connectivity index (χ2n) is 9.27. The minimum atomic E-state index is -0.0733. The van der Waals surface area contributed by atoms with Crippen LogP contribution in [0.15, 0.2) is 42.5 Å². The first-order valence-corrected chi connectivity index (χ1v) is 14.1. The maximum atomic E-state index is 13.2. The van der Waals surface area contributed by atoms with Gasteiger partial charge in [0.2, 0.25) is 0 Å². The number of halogens is 2. The third-order valence-corrected chi connectivity index (χ3v) is 8.37. The number of ketones is 1. The number of unbranched alkanes of at least 4 members (excludes halogenated alkanes) is 5. The summed E-state index contributed by atoms with van der Waals surface area (Å²) in [5.74, 6) is 0.808. The van der Waals surface area contributed by atoms with Gasteiger partial charge in [0.15, 0.2) is 5.78 Å². The van der Waals surface area contributed by atoms with E-state index >= 15 is 0 Å². The molecule has 192 valence electrons. The number of ether oxygens (including phenoxy) is 1. The third-order valence-electron chi connectivity index (χ3n) is 6.59. The van der Waals surface area contributed by atoms with Crippen molar-refractivity contribution in [3.8, 4) is 5.75 Å². The molecule has 8 heteroatoms. The number of anilines is 2. The number of carbonyl (C=O) groups is 1. The Morgan fingerprint density at radius 1 is 0.944 bits per heavy atom. The van der Waals surface area contributed by atoms with Gasteiger partial charge in [-0.2, -0.15) is 0 Å². The molecular weight excluding hydrogens is 513 g/mol. The van der Waals surface area contributed by atoms with Crippen molar-refractivity contribution in [3.05, 3.63) is 74.1 Å². The van der Waals surface area contributed by atoms with E-state index in [2.05, 4.69) is 4.90 Å². The molecule has 1 aromatic heterocycles. The van der Waals surface area contributed by atoms with Crippen molar-refractivity contribution in [1.82, 2.24) is 4.90 Å². The Balaban J connectivity index is 1.15. The average molecular weight is 547 g/mol. The highest BCUT2D eigenvalue weighted by atomic mass is 35.5. The molecule has 4 rings (SSSR count). The van der Waals surface area contributed by atoms with Crippen LogP contribution in [0.4, 0.5) is 10.7 Å². The number of hydrogen-bond acceptors (Lipinski definition) is 6. The van der Waals surface area contributed by atoms with Crippen molar-refractivity contribution >= 4 is 51.0 Å². The van der Waals surface area contributed by atoms with Crippen molar-refractivity contribution in [1.29, 1.82) is 0 Å². The van der Waals surface area contributed by atoms with Gasteiger partial charge < -0.3 is 16.2 Å². The van der Waals surface area contributed by atoms with E-state index in [1.807, 2.05) is 24.3 Å². The average Bonchev–Trinajstić information content (AvgIpc) is 3.20. The number of fused-ring (bicyclic) bond motifs is 1. The van der Waals surface area contributed by atoms with Crippen LogP contribution in [-0.2, 0) is 13.0 Å². The first-order valence-electron chi connectivity index (χ1n) is 12.5. The lowest BCUT2D eigenvalue weighted by Gasteiger charge is -2.27. The molecule has 1 aliphatic rings. The normalized spacial score (nSPS) is 13.5. The minimum Gasteiger partial charge on any atom is -0.494 e. The molecule has 3 aromatic rings. The number of thiophene rings is 1. The lowest BCUT2D eigenvalue weighted by atomic mass is 9.96. The number of benzene rings is 2. The van der Waals surface area contributed by atoms with Gasteiger partial charge >= 0.3 is 0 Å². The Hall–Kier alpha value is -2.25. The van der Waals surface area contributed by atoms with Gasteiger partial charge in [-0.05, 0) is 73.8 Å². The highest BCUT2D eigenvalue weighted by molar-refractivity contribution is 7.16. The van der Waals surface area contributed by atoms with Gasteiger partial charge in [0, 0.05) is 29.2 Å². The maximum absolute atomic E-state index is 13.2. The van der Waals surface area contributed by atoms with E-state index in [0.717, 1.165) is 56.1 Å². The van der Waals surface area contributed by atoms with Crippen LogP contribution >= 0.6 is 34.5 Å². The summed E-state index contributed by atoms with van der Waals surface area (Å²) < 4.78 is 5.75. The fraction of sp³-hybridized carbons (Fsp3) is 0.393. The van der Waals surface area contributed by atoms with E-state index in [4.69, 9.17) is 39.4 Å². The molecule has 5 nitrogen and oxygen atoms in total. The summed E-state index contributed by atoms with van der Waals surface area (Å²) in [5, 5.41) is 1.41. The van der Waals surface area contributed by atoms with Crippen LogP contribution in [0.2, 0.25) is 10.0 Å². The van der Waals surface area contributed by atoms with Crippen LogP contribution in [-0.4, -0.2) is 30.4 Å². The molecule has 0 aliphatic carbocycles. The zero-order chi connectivity index (χ0) is 25.5. The summed E-state index contributed by atoms with van der Waals surface area (Å²) >= 11 is 13.7. The zero-order valence-corrected chi connectivity index (χ0v) is 22.7. The lowest BCUT2D eigenvalue weighted by molar-refractivity contribution is 0.103. The number of nitrogens with zero attached hydrogens (tertiary/aromatic N) is 1. The highest BCUT2D eigenvalue weighted by Crippen LogP contribution is 2.37. The van der Waals surface area contributed by atoms with Gasteiger partial charge in [-0.3, -0.25) is 9.69 Å². The van der Waals surface area contributed by atoms with E-state index in [1.165, 1.54) is 37.0 Å². The molecular formula is C28H33Cl2N3O2S. The Bertz CT molecular complexity index is 1180. The van der Waals surface area contributed by atoms with Gasteiger partial charge in [-0.1, -0.05) is 48.9 Å². The van der Waals surface area contributed by atoms with E-state index in [1.54, 1.807) is 29.5 Å². The second-order valence-corrected chi connectivity index (χ2v) is 11.2. The topological polar surface area (TPSA) is 81.6 Å². The molecule has 0 radical (unpaired) electrons. The SMILES string of the molecule is Nc1ccc(OCCCCCCCCN2CCc3c(sc(N)c3C(=O)c3ccc(Cl)c(Cl)c3)C2)cc1. The predicted octanol–water partition coefficient (Wildman–Crippen LogP) is 7.23. The summed E-state index contributed by atoms with van der Waals surface area (Å²) in [6, 6.07) is 12.5. The molecule has 0 fully saturated rings. The van der Waals surface area contributed by atoms with Crippen LogP contribution in [0.3, 0.4) is 0 Å². The van der Waals surface area contributed by atoms with Gasteiger partial charge in [0.25, 0.3) is 0 Å². The molecule has 0 amide bonds. The van der Waals surface area contributed by atoms with E-state index in [0.29, 0.717) is 26.2 Å². The fourth-order valence-electron chi connectivity index (χ4n) is 4.60. The van der Waals surface area contributed by atoms with E-state index in [9.17, 15) is 4.79 Å². The third kappa shape index (κ3) is 6.94. The molecule has 2 aromatic carbocycles. The molecule has 36 heavy (non-hydrogen) atoms. The Kier molecular flexibility index (Phi) is 9.54. The quantitative estimate of drug-likeness (QED) is 0.142. The van der Waals surface area contributed by atoms with Crippen molar-refractivity contribution in [2.75, 3.05) is 31.2 Å². The molecule has 0 unspecified atom stereocenters. The Morgan fingerprint density at radius 2 is 1.67 bits per heavy atom. The van der Waals surface area contributed by atoms with E-state index < -0.39 is 0 Å². The van der Waals surface area contributed by atoms with Gasteiger partial charge in [-0.15, -0.1) is 11.3 Å². The highest BCUT2D eigenvalue weighted by Gasteiger charge is 2.27. The summed E-state index contributed by atoms with van der Waals surface area (Å²) in [5.41, 5.74) is 15.0. The first kappa shape index (κ1) is 26.8. The zero-order valence-electron chi connectivity index (χ0n) is 20.4. The van der Waals surface area contributed by atoms with Crippen LogP contribution in [0.25, 0.3) is 0 Å². The molecule has 0 spiro atoms. The number of rotatable bonds is 12. The molecule has 0 saturated heterocycles. The summed E-state index contributed by atoms with van der Waals surface area (Å²) in [4.78, 5) is 16.9. The Morgan fingerprint density at radius 3 is 2.42 bits per heavy atom. The van der Waals surface area contributed by atoms with Crippen LogP contribution in [0, 0.1) is 0 Å². The molecule has 0 bridgehead atoms. The smallest absolute Gasteiger partial charge is 0.196 e. The first-order chi connectivity index (χ1) is 17.4. The number of nitrogen functional groups attached to an aromatic ring is 2. The summed E-state index contributed by atoms with van der Waals surface area (Å²) in [7, 11) is 0. The van der Waals surface area contributed by atoms with Gasteiger partial charge in [-0.25, -0.2) is 0 Å².